The van der Waals surface area contributed by atoms with Gasteiger partial charge in [0.25, 0.3) is 0 Å². The lowest BCUT2D eigenvalue weighted by Gasteiger charge is -2.21. The molecule has 0 aromatic carbocycles. The van der Waals surface area contributed by atoms with Gasteiger partial charge in [0, 0.05) is 6.04 Å². The largest absolute Gasteiger partial charge is 0.394 e. The number of aliphatic hydroxyl groups is 1. The number of carbonyl (C=O) groups excluding carboxylic acids is 1. The highest BCUT2D eigenvalue weighted by atomic mass is 16.5. The van der Waals surface area contributed by atoms with E-state index in [0.29, 0.717) is 19.1 Å². The molecule has 5 heteroatoms. The molecule has 0 aromatic heterocycles. The number of nitrogens with one attached hydrogen (secondary N) is 1. The van der Waals surface area contributed by atoms with Crippen molar-refractivity contribution in [3.8, 4) is 0 Å². The molecule has 16 heavy (non-hydrogen) atoms. The van der Waals surface area contributed by atoms with Crippen LogP contribution in [0.1, 0.15) is 20.3 Å². The quantitative estimate of drug-likeness (QED) is 0.593. The van der Waals surface area contributed by atoms with E-state index in [-0.39, 0.29) is 30.5 Å². The molecule has 4 N–H and O–H groups in total. The second-order valence-electron chi connectivity index (χ2n) is 4.83. The standard InChI is InChI=1S/C11H22N2O3/c1-7(2)3-8(4-14)13-11(15)9-5-16-6-10(9)12/h7-10,14H,3-6,12H2,1-2H3,(H,13,15). The van der Waals surface area contributed by atoms with Crippen LogP contribution < -0.4 is 11.1 Å². The molecule has 1 heterocycles. The number of hydrogen-bond acceptors (Lipinski definition) is 4. The molecule has 1 fully saturated rings. The summed E-state index contributed by atoms with van der Waals surface area (Å²) in [7, 11) is 0. The Morgan fingerprint density at radius 3 is 2.69 bits per heavy atom. The Balaban J connectivity index is 2.42. The molecule has 94 valence electrons. The van der Waals surface area contributed by atoms with Crippen LogP contribution in [-0.4, -0.2) is 42.9 Å². The van der Waals surface area contributed by atoms with Gasteiger partial charge in [-0.1, -0.05) is 13.8 Å². The Morgan fingerprint density at radius 1 is 1.56 bits per heavy atom. The van der Waals surface area contributed by atoms with Gasteiger partial charge in [0.05, 0.1) is 31.8 Å². The van der Waals surface area contributed by atoms with Crippen molar-refractivity contribution in [2.24, 2.45) is 17.6 Å². The van der Waals surface area contributed by atoms with Gasteiger partial charge in [-0.25, -0.2) is 0 Å². The van der Waals surface area contributed by atoms with Gasteiger partial charge in [-0.2, -0.15) is 0 Å². The Bertz CT molecular complexity index is 233. The van der Waals surface area contributed by atoms with E-state index in [1.165, 1.54) is 0 Å². The topological polar surface area (TPSA) is 84.6 Å². The van der Waals surface area contributed by atoms with Crippen LogP contribution in [0, 0.1) is 11.8 Å². The SMILES string of the molecule is CC(C)CC(CO)NC(=O)C1COCC1N. The lowest BCUT2D eigenvalue weighted by molar-refractivity contribution is -0.126. The highest BCUT2D eigenvalue weighted by Crippen LogP contribution is 2.13. The zero-order chi connectivity index (χ0) is 12.1. The maximum absolute atomic E-state index is 11.8. The van der Waals surface area contributed by atoms with Crippen LogP contribution >= 0.6 is 0 Å². The van der Waals surface area contributed by atoms with E-state index in [0.717, 1.165) is 6.42 Å². The average molecular weight is 230 g/mol. The number of ether oxygens (including phenoxy) is 1. The van der Waals surface area contributed by atoms with Gasteiger partial charge in [0.1, 0.15) is 0 Å². The van der Waals surface area contributed by atoms with E-state index in [9.17, 15) is 4.79 Å². The summed E-state index contributed by atoms with van der Waals surface area (Å²) in [4.78, 5) is 11.8. The molecule has 1 saturated heterocycles. The van der Waals surface area contributed by atoms with Crippen LogP contribution in [0.25, 0.3) is 0 Å². The first-order chi connectivity index (χ1) is 7.54. The van der Waals surface area contributed by atoms with Crippen molar-refractivity contribution in [1.29, 1.82) is 0 Å². The van der Waals surface area contributed by atoms with Gasteiger partial charge in [0.15, 0.2) is 0 Å². The minimum absolute atomic E-state index is 0.0350. The molecule has 3 unspecified atom stereocenters. The second-order valence-corrected chi connectivity index (χ2v) is 4.83. The fourth-order valence-corrected chi connectivity index (χ4v) is 1.90. The zero-order valence-corrected chi connectivity index (χ0v) is 9.98. The predicted molar refractivity (Wildman–Crippen MR) is 60.8 cm³/mol. The van der Waals surface area contributed by atoms with Crippen molar-refractivity contribution in [2.45, 2.75) is 32.4 Å². The first-order valence-corrected chi connectivity index (χ1v) is 5.79. The van der Waals surface area contributed by atoms with Crippen LogP contribution in [0.15, 0.2) is 0 Å². The van der Waals surface area contributed by atoms with Crippen molar-refractivity contribution >= 4 is 5.91 Å². The van der Waals surface area contributed by atoms with Crippen LogP contribution in [0.3, 0.4) is 0 Å². The van der Waals surface area contributed by atoms with Crippen LogP contribution in [0.2, 0.25) is 0 Å². The molecule has 3 atom stereocenters. The maximum atomic E-state index is 11.8. The van der Waals surface area contributed by atoms with E-state index in [1.54, 1.807) is 0 Å². The van der Waals surface area contributed by atoms with Crippen LogP contribution in [0.4, 0.5) is 0 Å². The summed E-state index contributed by atoms with van der Waals surface area (Å²) in [6.45, 7) is 4.89. The summed E-state index contributed by atoms with van der Waals surface area (Å²) in [5, 5.41) is 12.0. The number of rotatable bonds is 5. The average Bonchev–Trinajstić information content (AvgIpc) is 2.62. The third-order valence-corrected chi connectivity index (χ3v) is 2.78. The lowest BCUT2D eigenvalue weighted by Crippen LogP contribution is -2.46. The highest BCUT2D eigenvalue weighted by Gasteiger charge is 2.32. The third kappa shape index (κ3) is 3.73. The normalized spacial score (nSPS) is 27.1. The Morgan fingerprint density at radius 2 is 2.25 bits per heavy atom. The van der Waals surface area contributed by atoms with Crippen LogP contribution in [-0.2, 0) is 9.53 Å². The zero-order valence-electron chi connectivity index (χ0n) is 9.98. The molecule has 0 radical (unpaired) electrons. The first-order valence-electron chi connectivity index (χ1n) is 5.79. The first kappa shape index (κ1) is 13.4. The summed E-state index contributed by atoms with van der Waals surface area (Å²) in [6, 6.07) is -0.404. The number of carbonyl (C=O) groups is 1. The summed E-state index contributed by atoms with van der Waals surface area (Å²) in [5.41, 5.74) is 5.75. The van der Waals surface area contributed by atoms with Gasteiger partial charge in [-0.3, -0.25) is 4.79 Å². The maximum Gasteiger partial charge on any atom is 0.227 e. The van der Waals surface area contributed by atoms with Crippen LogP contribution in [0.5, 0.6) is 0 Å². The summed E-state index contributed by atoms with van der Waals surface area (Å²) in [5.74, 6) is 0.0527. The molecule has 0 saturated carbocycles. The van der Waals surface area contributed by atoms with Crippen molar-refractivity contribution in [3.63, 3.8) is 0 Å². The van der Waals surface area contributed by atoms with E-state index >= 15 is 0 Å². The predicted octanol–water partition coefficient (Wildman–Crippen LogP) is -0.517. The molecule has 0 aliphatic carbocycles. The smallest absolute Gasteiger partial charge is 0.227 e. The number of hydrogen-bond donors (Lipinski definition) is 3. The fourth-order valence-electron chi connectivity index (χ4n) is 1.90. The van der Waals surface area contributed by atoms with Gasteiger partial charge >= 0.3 is 0 Å². The molecular formula is C11H22N2O3. The second kappa shape index (κ2) is 6.18. The molecule has 1 aliphatic heterocycles. The number of nitrogens with two attached hydrogens (primary N) is 1. The van der Waals surface area contributed by atoms with Crippen molar-refractivity contribution in [2.75, 3.05) is 19.8 Å². The third-order valence-electron chi connectivity index (χ3n) is 2.78. The van der Waals surface area contributed by atoms with Gasteiger partial charge < -0.3 is 20.9 Å². The Hall–Kier alpha value is -0.650. The van der Waals surface area contributed by atoms with E-state index < -0.39 is 0 Å². The van der Waals surface area contributed by atoms with E-state index in [1.807, 2.05) is 0 Å². The van der Waals surface area contributed by atoms with E-state index in [2.05, 4.69) is 19.2 Å². The molecule has 5 nitrogen and oxygen atoms in total. The Kier molecular flexibility index (Phi) is 5.18. The molecule has 0 bridgehead atoms. The monoisotopic (exact) mass is 230 g/mol. The van der Waals surface area contributed by atoms with Crippen molar-refractivity contribution < 1.29 is 14.6 Å². The van der Waals surface area contributed by atoms with Crippen molar-refractivity contribution in [1.82, 2.24) is 5.32 Å². The minimum Gasteiger partial charge on any atom is -0.394 e. The number of aliphatic hydroxyl groups excluding tert-OH is 1. The molecule has 0 spiro atoms. The van der Waals surface area contributed by atoms with Gasteiger partial charge in [0.2, 0.25) is 5.91 Å². The molecule has 1 rings (SSSR count). The number of amides is 1. The van der Waals surface area contributed by atoms with E-state index in [4.69, 9.17) is 15.6 Å². The molecule has 1 aliphatic rings. The summed E-state index contributed by atoms with van der Waals surface area (Å²) in [6.07, 6.45) is 0.769. The van der Waals surface area contributed by atoms with Crippen molar-refractivity contribution in [3.05, 3.63) is 0 Å². The van der Waals surface area contributed by atoms with Gasteiger partial charge in [-0.05, 0) is 12.3 Å². The summed E-state index contributed by atoms with van der Waals surface area (Å²) >= 11 is 0. The van der Waals surface area contributed by atoms with Gasteiger partial charge in [-0.15, -0.1) is 0 Å². The highest BCUT2D eigenvalue weighted by molar-refractivity contribution is 5.80. The molecular weight excluding hydrogens is 208 g/mol. The lowest BCUT2D eigenvalue weighted by atomic mass is 10.0. The summed E-state index contributed by atoms with van der Waals surface area (Å²) < 4.78 is 5.14. The Labute approximate surface area is 96.3 Å². The minimum atomic E-state index is -0.277. The molecule has 0 aromatic rings. The molecule has 1 amide bonds. The fraction of sp³-hybridized carbons (Fsp3) is 0.909.